The van der Waals surface area contributed by atoms with Crippen LogP contribution in [0.4, 0.5) is 18.0 Å². The molecule has 0 bridgehead atoms. The van der Waals surface area contributed by atoms with Crippen molar-refractivity contribution in [3.05, 3.63) is 29.6 Å². The van der Waals surface area contributed by atoms with Crippen LogP contribution in [0.2, 0.25) is 0 Å². The van der Waals surface area contributed by atoms with E-state index < -0.39 is 12.4 Å². The fourth-order valence-electron chi connectivity index (χ4n) is 2.91. The molecule has 2 rings (SSSR count). The van der Waals surface area contributed by atoms with Crippen LogP contribution in [0.5, 0.6) is 5.75 Å². The standard InChI is InChI=1S/C18H25F3N4O3/c1-3-22-17(24-12-7-9-25(10-8-12)18(26)27-2)23-11-13-14(19)5-4-6-15(13)28-16(20)21/h4-6,12,16H,3,7-11H2,1-2H3,(H2,22,23,24). The van der Waals surface area contributed by atoms with E-state index in [2.05, 4.69) is 20.4 Å². The quantitative estimate of drug-likeness (QED) is 0.565. The number of hydrogen-bond donors (Lipinski definition) is 2. The first-order valence-corrected chi connectivity index (χ1v) is 9.04. The first-order valence-electron chi connectivity index (χ1n) is 9.04. The van der Waals surface area contributed by atoms with Gasteiger partial charge in [-0.3, -0.25) is 0 Å². The minimum Gasteiger partial charge on any atom is -0.453 e. The van der Waals surface area contributed by atoms with Gasteiger partial charge in [0.1, 0.15) is 11.6 Å². The molecular formula is C18H25F3N4O3. The Morgan fingerprint density at radius 1 is 1.36 bits per heavy atom. The average Bonchev–Trinajstić information content (AvgIpc) is 2.67. The zero-order valence-corrected chi connectivity index (χ0v) is 15.9. The Kier molecular flexibility index (Phi) is 8.21. The molecule has 0 saturated carbocycles. The Labute approximate surface area is 161 Å². The molecule has 10 heteroatoms. The molecule has 0 aromatic heterocycles. The summed E-state index contributed by atoms with van der Waals surface area (Å²) in [5.41, 5.74) is -0.0412. The van der Waals surface area contributed by atoms with Crippen LogP contribution in [-0.4, -0.2) is 56.4 Å². The lowest BCUT2D eigenvalue weighted by atomic mass is 10.1. The molecule has 0 unspecified atom stereocenters. The van der Waals surface area contributed by atoms with Gasteiger partial charge in [-0.2, -0.15) is 8.78 Å². The lowest BCUT2D eigenvalue weighted by Gasteiger charge is -2.32. The van der Waals surface area contributed by atoms with E-state index in [1.54, 1.807) is 4.90 Å². The topological polar surface area (TPSA) is 75.2 Å². The molecule has 0 radical (unpaired) electrons. The molecular weight excluding hydrogens is 377 g/mol. The molecule has 7 nitrogen and oxygen atoms in total. The van der Waals surface area contributed by atoms with Gasteiger partial charge in [0.2, 0.25) is 0 Å². The van der Waals surface area contributed by atoms with E-state index in [-0.39, 0.29) is 30.0 Å². The summed E-state index contributed by atoms with van der Waals surface area (Å²) in [4.78, 5) is 17.5. The fraction of sp³-hybridized carbons (Fsp3) is 0.556. The second-order valence-corrected chi connectivity index (χ2v) is 6.17. The maximum Gasteiger partial charge on any atom is 0.409 e. The Bertz CT molecular complexity index is 680. The van der Waals surface area contributed by atoms with Crippen molar-refractivity contribution < 1.29 is 27.4 Å². The van der Waals surface area contributed by atoms with Crippen LogP contribution >= 0.6 is 0 Å². The van der Waals surface area contributed by atoms with Crippen molar-refractivity contribution in [3.63, 3.8) is 0 Å². The fourth-order valence-corrected chi connectivity index (χ4v) is 2.91. The van der Waals surface area contributed by atoms with Crippen molar-refractivity contribution in [2.45, 2.75) is 39.0 Å². The van der Waals surface area contributed by atoms with Gasteiger partial charge >= 0.3 is 12.7 Å². The molecule has 156 valence electrons. The summed E-state index contributed by atoms with van der Waals surface area (Å²) < 4.78 is 48.2. The minimum absolute atomic E-state index is 0.0412. The van der Waals surface area contributed by atoms with Crippen LogP contribution in [0.1, 0.15) is 25.3 Å². The number of nitrogens with zero attached hydrogens (tertiary/aromatic N) is 2. The second kappa shape index (κ2) is 10.6. The molecule has 1 amide bonds. The largest absolute Gasteiger partial charge is 0.453 e. The van der Waals surface area contributed by atoms with Crippen LogP contribution in [0.25, 0.3) is 0 Å². The number of nitrogens with one attached hydrogen (secondary N) is 2. The van der Waals surface area contributed by atoms with Gasteiger partial charge < -0.3 is 25.0 Å². The number of amides is 1. The van der Waals surface area contributed by atoms with Crippen LogP contribution in [0.3, 0.4) is 0 Å². The maximum atomic E-state index is 14.1. The van der Waals surface area contributed by atoms with Crippen molar-refractivity contribution in [3.8, 4) is 5.75 Å². The number of guanidine groups is 1. The number of hydrogen-bond acceptors (Lipinski definition) is 4. The number of carbonyl (C=O) groups is 1. The predicted molar refractivity (Wildman–Crippen MR) is 98.0 cm³/mol. The number of benzene rings is 1. The Hall–Kier alpha value is -2.65. The highest BCUT2D eigenvalue weighted by Gasteiger charge is 2.23. The molecule has 1 fully saturated rings. The molecule has 1 saturated heterocycles. The summed E-state index contributed by atoms with van der Waals surface area (Å²) in [6, 6.07) is 3.82. The number of aliphatic imine (C=N–C) groups is 1. The molecule has 0 spiro atoms. The van der Waals surface area contributed by atoms with E-state index >= 15 is 0 Å². The van der Waals surface area contributed by atoms with Gasteiger partial charge in [0.15, 0.2) is 5.96 Å². The molecule has 2 N–H and O–H groups in total. The molecule has 1 aromatic carbocycles. The number of halogens is 3. The van der Waals surface area contributed by atoms with E-state index in [1.807, 2.05) is 6.92 Å². The first kappa shape index (κ1) is 21.6. The molecule has 0 aliphatic carbocycles. The Balaban J connectivity index is 2.03. The maximum absolute atomic E-state index is 14.1. The van der Waals surface area contributed by atoms with Gasteiger partial charge in [-0.05, 0) is 31.9 Å². The van der Waals surface area contributed by atoms with E-state index in [1.165, 1.54) is 25.3 Å². The molecule has 0 atom stereocenters. The number of carbonyl (C=O) groups excluding carboxylic acids is 1. The van der Waals surface area contributed by atoms with E-state index in [0.717, 1.165) is 0 Å². The highest BCUT2D eigenvalue weighted by atomic mass is 19.3. The third-order valence-corrected chi connectivity index (χ3v) is 4.30. The third-order valence-electron chi connectivity index (χ3n) is 4.30. The number of methoxy groups -OCH3 is 1. The molecule has 1 aliphatic heterocycles. The summed E-state index contributed by atoms with van der Waals surface area (Å²) >= 11 is 0. The van der Waals surface area contributed by atoms with Gasteiger partial charge in [0.25, 0.3) is 0 Å². The highest BCUT2D eigenvalue weighted by molar-refractivity contribution is 5.80. The van der Waals surface area contributed by atoms with Gasteiger partial charge in [0, 0.05) is 25.7 Å². The van der Waals surface area contributed by atoms with Crippen LogP contribution in [-0.2, 0) is 11.3 Å². The van der Waals surface area contributed by atoms with E-state index in [0.29, 0.717) is 38.4 Å². The Morgan fingerprint density at radius 3 is 2.68 bits per heavy atom. The molecule has 28 heavy (non-hydrogen) atoms. The average molecular weight is 402 g/mol. The third kappa shape index (κ3) is 6.21. The van der Waals surface area contributed by atoms with Crippen molar-refractivity contribution in [1.29, 1.82) is 0 Å². The molecule has 1 heterocycles. The lowest BCUT2D eigenvalue weighted by molar-refractivity contribution is -0.0506. The van der Waals surface area contributed by atoms with Gasteiger partial charge in [-0.1, -0.05) is 6.07 Å². The van der Waals surface area contributed by atoms with Crippen molar-refractivity contribution in [2.75, 3.05) is 26.7 Å². The monoisotopic (exact) mass is 402 g/mol. The lowest BCUT2D eigenvalue weighted by Crippen LogP contribution is -2.49. The van der Waals surface area contributed by atoms with E-state index in [9.17, 15) is 18.0 Å². The van der Waals surface area contributed by atoms with Crippen LogP contribution < -0.4 is 15.4 Å². The first-order chi connectivity index (χ1) is 13.4. The van der Waals surface area contributed by atoms with Crippen molar-refractivity contribution >= 4 is 12.1 Å². The van der Waals surface area contributed by atoms with Crippen molar-refractivity contribution in [1.82, 2.24) is 15.5 Å². The smallest absolute Gasteiger partial charge is 0.409 e. The predicted octanol–water partition coefficient (Wildman–Crippen LogP) is 2.71. The summed E-state index contributed by atoms with van der Waals surface area (Å²) in [7, 11) is 1.34. The second-order valence-electron chi connectivity index (χ2n) is 6.17. The number of alkyl halides is 2. The van der Waals surface area contributed by atoms with E-state index in [4.69, 9.17) is 4.74 Å². The normalized spacial score (nSPS) is 15.5. The van der Waals surface area contributed by atoms with Crippen LogP contribution in [0, 0.1) is 5.82 Å². The zero-order chi connectivity index (χ0) is 20.5. The van der Waals surface area contributed by atoms with Crippen LogP contribution in [0.15, 0.2) is 23.2 Å². The van der Waals surface area contributed by atoms with Gasteiger partial charge in [0.05, 0.1) is 19.2 Å². The number of piperidine rings is 1. The summed E-state index contributed by atoms with van der Waals surface area (Å²) in [5, 5.41) is 6.28. The number of rotatable bonds is 6. The molecule has 1 aromatic rings. The van der Waals surface area contributed by atoms with Gasteiger partial charge in [-0.25, -0.2) is 14.2 Å². The summed E-state index contributed by atoms with van der Waals surface area (Å²) in [6.45, 7) is 0.337. The minimum atomic E-state index is -3.05. The summed E-state index contributed by atoms with van der Waals surface area (Å²) in [5.74, 6) is -0.463. The zero-order valence-electron chi connectivity index (χ0n) is 15.9. The van der Waals surface area contributed by atoms with Crippen molar-refractivity contribution in [2.24, 2.45) is 4.99 Å². The highest BCUT2D eigenvalue weighted by Crippen LogP contribution is 2.24. The summed E-state index contributed by atoms with van der Waals surface area (Å²) in [6.07, 6.45) is 1.03. The van der Waals surface area contributed by atoms with Gasteiger partial charge in [-0.15, -0.1) is 0 Å². The molecule has 1 aliphatic rings. The number of ether oxygens (including phenoxy) is 2. The number of likely N-dealkylation sites (tertiary alicyclic amines) is 1. The Morgan fingerprint density at radius 2 is 2.07 bits per heavy atom. The SMILES string of the molecule is CCNC(=NCc1c(F)cccc1OC(F)F)NC1CCN(C(=O)OC)CC1.